The first kappa shape index (κ1) is 14.6. The molecule has 1 amide bonds. The Morgan fingerprint density at radius 1 is 1.19 bits per heavy atom. The molecule has 1 aliphatic carbocycles. The predicted molar refractivity (Wildman–Crippen MR) is 85.4 cm³/mol. The minimum Gasteiger partial charge on any atom is -0.356 e. The van der Waals surface area contributed by atoms with E-state index in [-0.39, 0.29) is 11.8 Å². The quantitative estimate of drug-likeness (QED) is 0.893. The van der Waals surface area contributed by atoms with E-state index in [1.807, 2.05) is 0 Å². The lowest BCUT2D eigenvalue weighted by molar-refractivity contribution is -0.122. The number of amides is 1. The molecule has 0 radical (unpaired) electrons. The Morgan fingerprint density at radius 3 is 2.95 bits per heavy atom. The summed E-state index contributed by atoms with van der Waals surface area (Å²) >= 11 is 0. The molecule has 1 aromatic carbocycles. The fraction of sp³-hybridized carbons (Fsp3) is 0.611. The maximum Gasteiger partial charge on any atom is 0.227 e. The molecule has 0 bridgehead atoms. The van der Waals surface area contributed by atoms with Gasteiger partial charge in [0.15, 0.2) is 0 Å². The summed E-state index contributed by atoms with van der Waals surface area (Å²) < 4.78 is 0. The molecule has 0 spiro atoms. The number of aryl methyl sites for hydroxylation is 1. The summed E-state index contributed by atoms with van der Waals surface area (Å²) in [6.45, 7) is 1.93. The topological polar surface area (TPSA) is 41.1 Å². The number of hydrogen-bond donors (Lipinski definition) is 2. The van der Waals surface area contributed by atoms with Crippen molar-refractivity contribution in [2.75, 3.05) is 13.1 Å². The maximum absolute atomic E-state index is 12.5. The van der Waals surface area contributed by atoms with E-state index in [0.29, 0.717) is 6.04 Å². The van der Waals surface area contributed by atoms with Crippen molar-refractivity contribution in [2.45, 2.75) is 56.9 Å². The van der Waals surface area contributed by atoms with Gasteiger partial charge < -0.3 is 10.6 Å². The fourth-order valence-electron chi connectivity index (χ4n) is 3.69. The molecule has 1 aromatic rings. The van der Waals surface area contributed by atoms with Gasteiger partial charge in [0.05, 0.1) is 5.92 Å². The van der Waals surface area contributed by atoms with Crippen LogP contribution in [0.25, 0.3) is 0 Å². The lowest BCUT2D eigenvalue weighted by Gasteiger charge is -2.26. The van der Waals surface area contributed by atoms with Crippen molar-refractivity contribution < 1.29 is 4.79 Å². The van der Waals surface area contributed by atoms with E-state index in [1.165, 1.54) is 30.4 Å². The van der Waals surface area contributed by atoms with Crippen LogP contribution < -0.4 is 10.6 Å². The normalized spacial score (nSPS) is 25.1. The smallest absolute Gasteiger partial charge is 0.227 e. The van der Waals surface area contributed by atoms with Crippen LogP contribution in [0.5, 0.6) is 0 Å². The molecule has 2 N–H and O–H groups in total. The highest BCUT2D eigenvalue weighted by Gasteiger charge is 2.25. The zero-order valence-electron chi connectivity index (χ0n) is 12.7. The minimum atomic E-state index is 0.0641. The van der Waals surface area contributed by atoms with Crippen molar-refractivity contribution in [3.8, 4) is 0 Å². The van der Waals surface area contributed by atoms with Gasteiger partial charge in [0.25, 0.3) is 0 Å². The van der Waals surface area contributed by atoms with Gasteiger partial charge in [-0.3, -0.25) is 4.79 Å². The summed E-state index contributed by atoms with van der Waals surface area (Å²) in [5.74, 6) is 0.284. The van der Waals surface area contributed by atoms with Gasteiger partial charge in [-0.25, -0.2) is 0 Å². The monoisotopic (exact) mass is 286 g/mol. The number of fused-ring (bicyclic) bond motifs is 1. The molecule has 1 aliphatic heterocycles. The molecular formula is C18H26N2O. The molecule has 2 aliphatic rings. The summed E-state index contributed by atoms with van der Waals surface area (Å²) in [5.41, 5.74) is 2.61. The van der Waals surface area contributed by atoms with Gasteiger partial charge in [0, 0.05) is 12.6 Å². The zero-order valence-corrected chi connectivity index (χ0v) is 12.7. The first-order chi connectivity index (χ1) is 10.3. The van der Waals surface area contributed by atoms with E-state index in [0.717, 1.165) is 38.8 Å². The Kier molecular flexibility index (Phi) is 4.91. The lowest BCUT2D eigenvalue weighted by atomic mass is 9.82. The van der Waals surface area contributed by atoms with Crippen molar-refractivity contribution in [1.29, 1.82) is 0 Å². The molecule has 1 saturated heterocycles. The largest absolute Gasteiger partial charge is 0.356 e. The van der Waals surface area contributed by atoms with Crippen LogP contribution in [0.3, 0.4) is 0 Å². The number of carbonyl (C=O) groups is 1. The molecule has 3 heteroatoms. The van der Waals surface area contributed by atoms with Gasteiger partial charge in [-0.15, -0.1) is 0 Å². The second kappa shape index (κ2) is 7.08. The van der Waals surface area contributed by atoms with Crippen LogP contribution in [-0.4, -0.2) is 25.0 Å². The van der Waals surface area contributed by atoms with Crippen molar-refractivity contribution in [1.82, 2.24) is 10.6 Å². The third kappa shape index (κ3) is 3.65. The second-order valence-electron chi connectivity index (χ2n) is 6.37. The van der Waals surface area contributed by atoms with Crippen molar-refractivity contribution in [3.63, 3.8) is 0 Å². The lowest BCUT2D eigenvalue weighted by Crippen LogP contribution is -2.38. The van der Waals surface area contributed by atoms with Crippen LogP contribution in [0.2, 0.25) is 0 Å². The molecule has 2 unspecified atom stereocenters. The number of carbonyl (C=O) groups excluding carboxylic acids is 1. The average molecular weight is 286 g/mol. The Bertz CT molecular complexity index is 480. The Balaban J connectivity index is 1.51. The van der Waals surface area contributed by atoms with Gasteiger partial charge >= 0.3 is 0 Å². The van der Waals surface area contributed by atoms with E-state index >= 15 is 0 Å². The first-order valence-electron chi connectivity index (χ1n) is 8.43. The third-order valence-electron chi connectivity index (χ3n) is 4.89. The van der Waals surface area contributed by atoms with Crippen LogP contribution in [0.15, 0.2) is 24.3 Å². The van der Waals surface area contributed by atoms with Crippen LogP contribution in [-0.2, 0) is 11.2 Å². The number of piperidine rings is 1. The van der Waals surface area contributed by atoms with Gasteiger partial charge in [0.2, 0.25) is 5.91 Å². The number of rotatable bonds is 4. The first-order valence-corrected chi connectivity index (χ1v) is 8.43. The molecule has 3 nitrogen and oxygen atoms in total. The SMILES string of the molecule is O=C(NCCC1CCCCN1)C1CCCc2ccccc21. The summed E-state index contributed by atoms with van der Waals surface area (Å²) in [6, 6.07) is 9.02. The molecule has 1 heterocycles. The van der Waals surface area contributed by atoms with Gasteiger partial charge in [-0.2, -0.15) is 0 Å². The van der Waals surface area contributed by atoms with Gasteiger partial charge in [-0.05, 0) is 56.2 Å². The van der Waals surface area contributed by atoms with E-state index in [4.69, 9.17) is 0 Å². The highest BCUT2D eigenvalue weighted by Crippen LogP contribution is 2.31. The van der Waals surface area contributed by atoms with E-state index in [9.17, 15) is 4.79 Å². The summed E-state index contributed by atoms with van der Waals surface area (Å²) in [7, 11) is 0. The standard InChI is InChI=1S/C18H26N2O/c21-18(20-13-11-15-8-3-4-12-19-15)17-10-5-7-14-6-1-2-9-16(14)17/h1-2,6,9,15,17,19H,3-5,7-8,10-13H2,(H,20,21). The van der Waals surface area contributed by atoms with E-state index in [1.54, 1.807) is 0 Å². The van der Waals surface area contributed by atoms with Gasteiger partial charge in [-0.1, -0.05) is 30.7 Å². The zero-order chi connectivity index (χ0) is 14.5. The highest BCUT2D eigenvalue weighted by molar-refractivity contribution is 5.84. The average Bonchev–Trinajstić information content (AvgIpc) is 2.55. The van der Waals surface area contributed by atoms with Crippen molar-refractivity contribution in [2.24, 2.45) is 0 Å². The third-order valence-corrected chi connectivity index (χ3v) is 4.89. The van der Waals surface area contributed by atoms with Gasteiger partial charge in [0.1, 0.15) is 0 Å². The molecule has 114 valence electrons. The van der Waals surface area contributed by atoms with Crippen molar-refractivity contribution >= 4 is 5.91 Å². The molecule has 3 rings (SSSR count). The Hall–Kier alpha value is -1.35. The molecular weight excluding hydrogens is 260 g/mol. The second-order valence-corrected chi connectivity index (χ2v) is 6.37. The Morgan fingerprint density at radius 2 is 2.10 bits per heavy atom. The number of nitrogens with one attached hydrogen (secondary N) is 2. The number of benzene rings is 1. The van der Waals surface area contributed by atoms with E-state index in [2.05, 4.69) is 34.9 Å². The summed E-state index contributed by atoms with van der Waals surface area (Å²) in [6.07, 6.45) is 8.15. The van der Waals surface area contributed by atoms with Crippen LogP contribution in [0, 0.1) is 0 Å². The van der Waals surface area contributed by atoms with Crippen LogP contribution in [0.4, 0.5) is 0 Å². The molecule has 0 aromatic heterocycles. The Labute approximate surface area is 127 Å². The van der Waals surface area contributed by atoms with Crippen LogP contribution in [0.1, 0.15) is 55.6 Å². The highest BCUT2D eigenvalue weighted by atomic mass is 16.1. The minimum absolute atomic E-state index is 0.0641. The van der Waals surface area contributed by atoms with Crippen LogP contribution >= 0.6 is 0 Å². The summed E-state index contributed by atoms with van der Waals surface area (Å²) in [4.78, 5) is 12.5. The molecule has 21 heavy (non-hydrogen) atoms. The maximum atomic E-state index is 12.5. The molecule has 2 atom stereocenters. The molecule has 0 saturated carbocycles. The van der Waals surface area contributed by atoms with Crippen molar-refractivity contribution in [3.05, 3.63) is 35.4 Å². The molecule has 1 fully saturated rings. The predicted octanol–water partition coefficient (Wildman–Crippen LogP) is 2.75. The fourth-order valence-corrected chi connectivity index (χ4v) is 3.69. The van der Waals surface area contributed by atoms with E-state index < -0.39 is 0 Å². The number of hydrogen-bond acceptors (Lipinski definition) is 2. The summed E-state index contributed by atoms with van der Waals surface area (Å²) in [5, 5.41) is 6.70.